The van der Waals surface area contributed by atoms with Gasteiger partial charge in [-0.05, 0) is 41.5 Å². The number of rotatable bonds is 7. The Morgan fingerprint density at radius 1 is 1.19 bits per heavy atom. The fourth-order valence-electron chi connectivity index (χ4n) is 2.58. The van der Waals surface area contributed by atoms with Crippen LogP contribution < -0.4 is 10.1 Å². The molecule has 3 aromatic rings. The molecule has 1 aromatic heterocycles. The first-order valence-electron chi connectivity index (χ1n) is 8.32. The van der Waals surface area contributed by atoms with Crippen molar-refractivity contribution in [2.45, 2.75) is 12.6 Å². The van der Waals surface area contributed by atoms with Crippen LogP contribution in [-0.4, -0.2) is 34.4 Å². The van der Waals surface area contributed by atoms with Gasteiger partial charge in [0, 0.05) is 24.5 Å². The summed E-state index contributed by atoms with van der Waals surface area (Å²) in [4.78, 5) is 12.2. The van der Waals surface area contributed by atoms with E-state index in [4.69, 9.17) is 4.74 Å². The number of hydrogen-bond donors (Lipinski definition) is 2. The van der Waals surface area contributed by atoms with Gasteiger partial charge in [-0.1, -0.05) is 24.3 Å². The quantitative estimate of drug-likeness (QED) is 0.685. The molecule has 0 aliphatic rings. The summed E-state index contributed by atoms with van der Waals surface area (Å²) in [6.45, 7) is 0.797. The molecule has 0 saturated carbocycles. The molecule has 6 nitrogen and oxygen atoms in total. The molecular weight excluding hydrogens is 330 g/mol. The van der Waals surface area contributed by atoms with Gasteiger partial charge >= 0.3 is 0 Å². The van der Waals surface area contributed by atoms with Gasteiger partial charge in [0.2, 0.25) is 0 Å². The number of aliphatic hydroxyl groups excluding tert-OH is 1. The van der Waals surface area contributed by atoms with Gasteiger partial charge in [0.25, 0.3) is 5.91 Å². The maximum Gasteiger partial charge on any atom is 0.251 e. The van der Waals surface area contributed by atoms with Gasteiger partial charge in [0.05, 0.1) is 19.8 Å². The largest absolute Gasteiger partial charge is 0.497 e. The molecule has 1 unspecified atom stereocenters. The lowest BCUT2D eigenvalue weighted by atomic mass is 10.1. The van der Waals surface area contributed by atoms with Crippen LogP contribution in [0.1, 0.15) is 27.6 Å². The highest BCUT2D eigenvalue weighted by molar-refractivity contribution is 5.94. The first-order chi connectivity index (χ1) is 12.7. The van der Waals surface area contributed by atoms with Crippen LogP contribution in [0.5, 0.6) is 5.75 Å². The standard InChI is InChI=1S/C20H21N3O3/c1-26-18-9-7-16(8-10-18)19(24)13-21-20(25)17-5-3-15(4-6-17)14-23-12-2-11-22-23/h2-12,19,24H,13-14H2,1H3,(H,21,25). The zero-order chi connectivity index (χ0) is 18.4. The number of nitrogens with one attached hydrogen (secondary N) is 1. The Morgan fingerprint density at radius 2 is 1.92 bits per heavy atom. The molecule has 1 amide bonds. The number of amides is 1. The molecular formula is C20H21N3O3. The van der Waals surface area contributed by atoms with Crippen LogP contribution in [0.15, 0.2) is 67.0 Å². The van der Waals surface area contributed by atoms with Crippen molar-refractivity contribution in [3.05, 3.63) is 83.7 Å². The summed E-state index contributed by atoms with van der Waals surface area (Å²) < 4.78 is 6.91. The van der Waals surface area contributed by atoms with Gasteiger partial charge in [-0.25, -0.2) is 0 Å². The topological polar surface area (TPSA) is 76.4 Å². The van der Waals surface area contributed by atoms with Gasteiger partial charge in [-0.3, -0.25) is 9.48 Å². The summed E-state index contributed by atoms with van der Waals surface area (Å²) >= 11 is 0. The van der Waals surface area contributed by atoms with Crippen LogP contribution in [0.3, 0.4) is 0 Å². The van der Waals surface area contributed by atoms with Gasteiger partial charge in [0.1, 0.15) is 5.75 Å². The van der Waals surface area contributed by atoms with E-state index in [1.807, 2.05) is 29.1 Å². The van der Waals surface area contributed by atoms with Crippen LogP contribution in [0.4, 0.5) is 0 Å². The maximum atomic E-state index is 12.2. The van der Waals surface area contributed by atoms with E-state index in [0.29, 0.717) is 12.1 Å². The van der Waals surface area contributed by atoms with Gasteiger partial charge in [0.15, 0.2) is 0 Å². The average Bonchev–Trinajstić information content (AvgIpc) is 3.19. The van der Waals surface area contributed by atoms with Crippen molar-refractivity contribution in [1.82, 2.24) is 15.1 Å². The van der Waals surface area contributed by atoms with Crippen molar-refractivity contribution < 1.29 is 14.6 Å². The summed E-state index contributed by atoms with van der Waals surface area (Å²) in [5, 5.41) is 17.1. The molecule has 2 aromatic carbocycles. The van der Waals surface area contributed by atoms with Crippen molar-refractivity contribution in [3.8, 4) is 5.75 Å². The Kier molecular flexibility index (Phi) is 5.66. The number of methoxy groups -OCH3 is 1. The summed E-state index contributed by atoms with van der Waals surface area (Å²) in [5.41, 5.74) is 2.33. The lowest BCUT2D eigenvalue weighted by molar-refractivity contribution is 0.0916. The molecule has 3 rings (SSSR count). The predicted molar refractivity (Wildman–Crippen MR) is 98.1 cm³/mol. The molecule has 2 N–H and O–H groups in total. The summed E-state index contributed by atoms with van der Waals surface area (Å²) in [7, 11) is 1.59. The Hall–Kier alpha value is -3.12. The second-order valence-corrected chi connectivity index (χ2v) is 5.90. The number of nitrogens with zero attached hydrogens (tertiary/aromatic N) is 2. The van der Waals surface area contributed by atoms with Gasteiger partial charge < -0.3 is 15.2 Å². The number of ether oxygens (including phenoxy) is 1. The highest BCUT2D eigenvalue weighted by atomic mass is 16.5. The third-order valence-corrected chi connectivity index (χ3v) is 4.08. The van der Waals surface area contributed by atoms with Crippen LogP contribution in [0.25, 0.3) is 0 Å². The zero-order valence-corrected chi connectivity index (χ0v) is 14.5. The fraction of sp³-hybridized carbons (Fsp3) is 0.200. The van der Waals surface area contributed by atoms with Crippen molar-refractivity contribution >= 4 is 5.91 Å². The second kappa shape index (κ2) is 8.31. The van der Waals surface area contributed by atoms with E-state index >= 15 is 0 Å². The molecule has 0 aliphatic heterocycles. The first kappa shape index (κ1) is 17.7. The normalized spacial score (nSPS) is 11.8. The lowest BCUT2D eigenvalue weighted by Crippen LogP contribution is -2.28. The summed E-state index contributed by atoms with van der Waals surface area (Å²) in [6.07, 6.45) is 2.85. The molecule has 0 saturated heterocycles. The monoisotopic (exact) mass is 351 g/mol. The predicted octanol–water partition coefficient (Wildman–Crippen LogP) is 2.40. The molecule has 0 bridgehead atoms. The maximum absolute atomic E-state index is 12.2. The Labute approximate surface area is 152 Å². The Bertz CT molecular complexity index is 828. The van der Waals surface area contributed by atoms with E-state index < -0.39 is 6.10 Å². The van der Waals surface area contributed by atoms with E-state index in [1.165, 1.54) is 0 Å². The van der Waals surface area contributed by atoms with Crippen molar-refractivity contribution in [1.29, 1.82) is 0 Å². The molecule has 134 valence electrons. The van der Waals surface area contributed by atoms with Crippen molar-refractivity contribution in [2.24, 2.45) is 0 Å². The third kappa shape index (κ3) is 4.49. The number of aliphatic hydroxyl groups is 1. The van der Waals surface area contributed by atoms with Crippen LogP contribution in [0.2, 0.25) is 0 Å². The molecule has 6 heteroatoms. The number of benzene rings is 2. The third-order valence-electron chi connectivity index (χ3n) is 4.08. The van der Waals surface area contributed by atoms with E-state index in [2.05, 4.69) is 10.4 Å². The number of carbonyl (C=O) groups is 1. The van der Waals surface area contributed by atoms with Gasteiger partial charge in [-0.15, -0.1) is 0 Å². The minimum absolute atomic E-state index is 0.139. The Balaban J connectivity index is 1.53. The number of carbonyl (C=O) groups excluding carboxylic acids is 1. The molecule has 1 heterocycles. The number of aromatic nitrogens is 2. The molecule has 0 radical (unpaired) electrons. The summed E-state index contributed by atoms with van der Waals surface area (Å²) in [6, 6.07) is 16.3. The van der Waals surface area contributed by atoms with Crippen LogP contribution in [-0.2, 0) is 6.54 Å². The molecule has 0 fully saturated rings. The summed E-state index contributed by atoms with van der Waals surface area (Å²) in [5.74, 6) is 0.503. The highest BCUT2D eigenvalue weighted by Gasteiger charge is 2.11. The van der Waals surface area contributed by atoms with E-state index in [1.54, 1.807) is 49.7 Å². The lowest BCUT2D eigenvalue weighted by Gasteiger charge is -2.13. The first-order valence-corrected chi connectivity index (χ1v) is 8.32. The van der Waals surface area contributed by atoms with Crippen LogP contribution in [0, 0.1) is 0 Å². The minimum Gasteiger partial charge on any atom is -0.497 e. The van der Waals surface area contributed by atoms with E-state index in [9.17, 15) is 9.90 Å². The molecule has 1 atom stereocenters. The average molecular weight is 351 g/mol. The molecule has 0 spiro atoms. The van der Waals surface area contributed by atoms with Gasteiger partial charge in [-0.2, -0.15) is 5.10 Å². The fourth-order valence-corrected chi connectivity index (χ4v) is 2.58. The second-order valence-electron chi connectivity index (χ2n) is 5.90. The van der Waals surface area contributed by atoms with Crippen molar-refractivity contribution in [2.75, 3.05) is 13.7 Å². The zero-order valence-electron chi connectivity index (χ0n) is 14.5. The van der Waals surface area contributed by atoms with Crippen LogP contribution >= 0.6 is 0 Å². The van der Waals surface area contributed by atoms with E-state index in [0.717, 1.165) is 16.9 Å². The number of hydrogen-bond acceptors (Lipinski definition) is 4. The van der Waals surface area contributed by atoms with Crippen molar-refractivity contribution in [3.63, 3.8) is 0 Å². The smallest absolute Gasteiger partial charge is 0.251 e. The molecule has 26 heavy (non-hydrogen) atoms. The van der Waals surface area contributed by atoms with E-state index in [-0.39, 0.29) is 12.5 Å². The Morgan fingerprint density at radius 3 is 2.54 bits per heavy atom. The highest BCUT2D eigenvalue weighted by Crippen LogP contribution is 2.17. The minimum atomic E-state index is -0.774. The SMILES string of the molecule is COc1ccc(C(O)CNC(=O)c2ccc(Cn3cccn3)cc2)cc1. The molecule has 0 aliphatic carbocycles.